The van der Waals surface area contributed by atoms with Crippen LogP contribution in [0.5, 0.6) is 11.5 Å². The van der Waals surface area contributed by atoms with Crippen LogP contribution in [0.1, 0.15) is 22.7 Å². The summed E-state index contributed by atoms with van der Waals surface area (Å²) in [5.74, 6) is -0.420. The third-order valence-corrected chi connectivity index (χ3v) is 8.92. The first kappa shape index (κ1) is 26.6. The van der Waals surface area contributed by atoms with Crippen molar-refractivity contribution in [1.29, 1.82) is 0 Å². The summed E-state index contributed by atoms with van der Waals surface area (Å²) in [7, 11) is 0. The van der Waals surface area contributed by atoms with E-state index in [1.807, 2.05) is 24.3 Å². The van der Waals surface area contributed by atoms with Crippen molar-refractivity contribution < 1.29 is 24.2 Å². The number of halogens is 2. The highest BCUT2D eigenvalue weighted by molar-refractivity contribution is 8.00. The van der Waals surface area contributed by atoms with Crippen molar-refractivity contribution in [2.75, 3.05) is 18.1 Å². The molecular formula is C28H19Cl2N3O5S2. The fourth-order valence-corrected chi connectivity index (χ4v) is 6.60. The summed E-state index contributed by atoms with van der Waals surface area (Å²) in [5, 5.41) is 21.2. The molecular weight excluding hydrogens is 593 g/mol. The van der Waals surface area contributed by atoms with Gasteiger partial charge in [-0.25, -0.2) is 0 Å². The molecule has 8 nitrogen and oxygen atoms in total. The second kappa shape index (κ2) is 11.1. The van der Waals surface area contributed by atoms with Crippen LogP contribution in [0.4, 0.5) is 5.13 Å². The van der Waals surface area contributed by atoms with Gasteiger partial charge in [0, 0.05) is 21.4 Å². The lowest BCUT2D eigenvalue weighted by molar-refractivity contribution is -0.132. The average Bonchev–Trinajstić information content (AvgIpc) is 3.54. The summed E-state index contributed by atoms with van der Waals surface area (Å²) in [6, 6.07) is 18.2. The van der Waals surface area contributed by atoms with Gasteiger partial charge in [-0.2, -0.15) is 0 Å². The van der Waals surface area contributed by atoms with Gasteiger partial charge >= 0.3 is 5.91 Å². The molecule has 3 aromatic carbocycles. The molecule has 1 atom stereocenters. The molecule has 1 amide bonds. The van der Waals surface area contributed by atoms with E-state index in [-0.39, 0.29) is 16.5 Å². The SMILES string of the molecule is O=C1C(=O)N(c2nnc(SCc3ccc(Cl)cc3)s2)[C@H](c2cccc(Cl)c2)/C1=C(\O)c1ccc2c(c1)OCCO2. The Balaban J connectivity index is 1.38. The first-order chi connectivity index (χ1) is 19.4. The predicted octanol–water partition coefficient (Wildman–Crippen LogP) is 6.53. The molecule has 1 saturated heterocycles. The monoisotopic (exact) mass is 611 g/mol. The number of carbonyl (C=O) groups is 2. The van der Waals surface area contributed by atoms with Gasteiger partial charge in [0.25, 0.3) is 5.78 Å². The molecule has 1 fully saturated rings. The minimum absolute atomic E-state index is 0.0884. The summed E-state index contributed by atoms with van der Waals surface area (Å²) < 4.78 is 11.8. The first-order valence-electron chi connectivity index (χ1n) is 12.1. The number of ether oxygens (including phenoxy) is 2. The molecule has 202 valence electrons. The molecule has 1 N–H and O–H groups in total. The maximum absolute atomic E-state index is 13.4. The Morgan fingerprint density at radius 3 is 2.52 bits per heavy atom. The number of anilines is 1. The number of ketones is 1. The van der Waals surface area contributed by atoms with E-state index < -0.39 is 17.7 Å². The van der Waals surface area contributed by atoms with Crippen LogP contribution in [0.15, 0.2) is 76.6 Å². The zero-order chi connectivity index (χ0) is 27.8. The Morgan fingerprint density at radius 1 is 0.975 bits per heavy atom. The molecule has 0 spiro atoms. The standard InChI is InChI=1S/C28H19Cl2N3O5S2/c29-18-7-4-15(5-8-18)14-39-28-32-31-27(40-28)33-23(16-2-1-3-19(30)12-16)22(25(35)26(33)36)24(34)17-6-9-20-21(13-17)38-11-10-37-20/h1-9,12-13,23,34H,10-11,14H2/b24-22+/t23-/m1/s1. The number of carbonyl (C=O) groups excluding carboxylic acids is 2. The van der Waals surface area contributed by atoms with Gasteiger partial charge in [-0.1, -0.05) is 70.6 Å². The molecule has 12 heteroatoms. The van der Waals surface area contributed by atoms with Crippen molar-refractivity contribution in [2.24, 2.45) is 0 Å². The number of thioether (sulfide) groups is 1. The molecule has 0 saturated carbocycles. The van der Waals surface area contributed by atoms with Crippen LogP contribution in [-0.2, 0) is 15.3 Å². The number of hydrogen-bond donors (Lipinski definition) is 1. The lowest BCUT2D eigenvalue weighted by Gasteiger charge is -2.23. The highest BCUT2D eigenvalue weighted by Gasteiger charge is 2.48. The van der Waals surface area contributed by atoms with Crippen LogP contribution < -0.4 is 14.4 Å². The molecule has 3 heterocycles. The van der Waals surface area contributed by atoms with Crippen LogP contribution in [0.25, 0.3) is 5.76 Å². The van der Waals surface area contributed by atoms with Gasteiger partial charge in [-0.05, 0) is 53.6 Å². The van der Waals surface area contributed by atoms with Gasteiger partial charge in [0.15, 0.2) is 15.8 Å². The Bertz CT molecular complexity index is 1660. The molecule has 0 radical (unpaired) electrons. The topological polar surface area (TPSA) is 102 Å². The van der Waals surface area contributed by atoms with Crippen molar-refractivity contribution in [3.8, 4) is 11.5 Å². The van der Waals surface area contributed by atoms with E-state index in [1.54, 1.807) is 42.5 Å². The number of rotatable bonds is 6. The largest absolute Gasteiger partial charge is 0.507 e. The number of aliphatic hydroxyl groups excluding tert-OH is 1. The minimum Gasteiger partial charge on any atom is -0.507 e. The van der Waals surface area contributed by atoms with E-state index in [4.69, 9.17) is 32.7 Å². The van der Waals surface area contributed by atoms with Crippen LogP contribution in [0.3, 0.4) is 0 Å². The fourth-order valence-electron chi connectivity index (χ4n) is 4.45. The molecule has 0 aliphatic carbocycles. The number of aliphatic hydroxyl groups is 1. The van der Waals surface area contributed by atoms with Crippen LogP contribution in [-0.4, -0.2) is 40.2 Å². The Labute approximate surface area is 247 Å². The third-order valence-electron chi connectivity index (χ3n) is 6.30. The Kier molecular flexibility index (Phi) is 7.41. The molecule has 4 aromatic rings. The quantitative estimate of drug-likeness (QED) is 0.0862. The van der Waals surface area contributed by atoms with Crippen LogP contribution in [0.2, 0.25) is 10.0 Å². The molecule has 1 aromatic heterocycles. The van der Waals surface area contributed by atoms with Crippen LogP contribution in [0, 0.1) is 0 Å². The van der Waals surface area contributed by atoms with E-state index in [0.717, 1.165) is 5.56 Å². The van der Waals surface area contributed by atoms with E-state index in [2.05, 4.69) is 10.2 Å². The highest BCUT2D eigenvalue weighted by Crippen LogP contribution is 2.45. The lowest BCUT2D eigenvalue weighted by atomic mass is 9.95. The zero-order valence-corrected chi connectivity index (χ0v) is 23.7. The normalized spacial score (nSPS) is 17.9. The van der Waals surface area contributed by atoms with Gasteiger partial charge in [0.05, 0.1) is 11.6 Å². The van der Waals surface area contributed by atoms with Gasteiger partial charge in [0.1, 0.15) is 19.0 Å². The van der Waals surface area contributed by atoms with E-state index in [9.17, 15) is 14.7 Å². The third kappa shape index (κ3) is 5.15. The first-order valence-corrected chi connectivity index (χ1v) is 14.6. The highest BCUT2D eigenvalue weighted by atomic mass is 35.5. The van der Waals surface area contributed by atoms with Gasteiger partial charge < -0.3 is 14.6 Å². The van der Waals surface area contributed by atoms with Crippen molar-refractivity contribution in [1.82, 2.24) is 10.2 Å². The smallest absolute Gasteiger partial charge is 0.301 e. The Morgan fingerprint density at radius 2 is 1.75 bits per heavy atom. The van der Waals surface area contributed by atoms with E-state index >= 15 is 0 Å². The number of amides is 1. The van der Waals surface area contributed by atoms with Crippen molar-refractivity contribution >= 4 is 68.9 Å². The average molecular weight is 613 g/mol. The van der Waals surface area contributed by atoms with E-state index in [1.165, 1.54) is 28.0 Å². The minimum atomic E-state index is -0.978. The maximum atomic E-state index is 13.4. The number of Topliss-reactive ketones (excluding diaryl/α,β-unsaturated/α-hetero) is 1. The molecule has 2 aliphatic rings. The summed E-state index contributed by atoms with van der Waals surface area (Å²) in [4.78, 5) is 28.2. The van der Waals surface area contributed by atoms with Crippen LogP contribution >= 0.6 is 46.3 Å². The molecule has 6 rings (SSSR count). The fraction of sp³-hybridized carbons (Fsp3) is 0.143. The van der Waals surface area contributed by atoms with Crippen molar-refractivity contribution in [3.05, 3.63) is 99.0 Å². The predicted molar refractivity (Wildman–Crippen MR) is 155 cm³/mol. The maximum Gasteiger partial charge on any atom is 0.301 e. The molecule has 2 aliphatic heterocycles. The number of aromatic nitrogens is 2. The molecule has 0 unspecified atom stereocenters. The number of benzene rings is 3. The number of fused-ring (bicyclic) bond motifs is 1. The van der Waals surface area contributed by atoms with E-state index in [0.29, 0.717) is 56.0 Å². The van der Waals surface area contributed by atoms with Crippen molar-refractivity contribution in [3.63, 3.8) is 0 Å². The zero-order valence-electron chi connectivity index (χ0n) is 20.5. The second-order valence-electron chi connectivity index (χ2n) is 8.85. The number of nitrogens with zero attached hydrogens (tertiary/aromatic N) is 3. The van der Waals surface area contributed by atoms with Gasteiger partial charge in [-0.15, -0.1) is 10.2 Å². The lowest BCUT2D eigenvalue weighted by Crippen LogP contribution is -2.29. The molecule has 40 heavy (non-hydrogen) atoms. The Hall–Kier alpha value is -3.57. The van der Waals surface area contributed by atoms with Crippen molar-refractivity contribution in [2.45, 2.75) is 16.1 Å². The van der Waals surface area contributed by atoms with Gasteiger partial charge in [0.2, 0.25) is 5.13 Å². The second-order valence-corrected chi connectivity index (χ2v) is 11.9. The van der Waals surface area contributed by atoms with Gasteiger partial charge in [-0.3, -0.25) is 14.5 Å². The summed E-state index contributed by atoms with van der Waals surface area (Å²) in [6.45, 7) is 0.777. The summed E-state index contributed by atoms with van der Waals surface area (Å²) in [6.07, 6.45) is 0. The molecule has 0 bridgehead atoms. The summed E-state index contributed by atoms with van der Waals surface area (Å²) >= 11 is 14.9. The summed E-state index contributed by atoms with van der Waals surface area (Å²) in [5.41, 5.74) is 1.81. The number of hydrogen-bond acceptors (Lipinski definition) is 9.